The van der Waals surface area contributed by atoms with Crippen LogP contribution in [0.3, 0.4) is 0 Å². The van der Waals surface area contributed by atoms with Gasteiger partial charge in [0.15, 0.2) is 0 Å². The molecule has 1 saturated carbocycles. The van der Waals surface area contributed by atoms with E-state index >= 15 is 0 Å². The second kappa shape index (κ2) is 6.70. The number of carboxylic acid groups (broad SMARTS) is 1. The maximum Gasteiger partial charge on any atom is 0.329 e. The minimum atomic E-state index is -1.11. The van der Waals surface area contributed by atoms with Crippen molar-refractivity contribution in [1.29, 1.82) is 0 Å². The molecule has 1 amide bonds. The molecule has 6 heteroatoms. The molecule has 1 fully saturated rings. The molecule has 18 heavy (non-hydrogen) atoms. The summed E-state index contributed by atoms with van der Waals surface area (Å²) in [4.78, 5) is 21.5. The molecule has 0 aromatic carbocycles. The molecule has 0 aliphatic heterocycles. The van der Waals surface area contributed by atoms with Crippen molar-refractivity contribution in [3.63, 3.8) is 0 Å². The van der Waals surface area contributed by atoms with Crippen molar-refractivity contribution in [1.82, 2.24) is 5.32 Å². The van der Waals surface area contributed by atoms with Crippen LogP contribution in [-0.4, -0.2) is 47.4 Å². The zero-order valence-corrected chi connectivity index (χ0v) is 10.6. The van der Waals surface area contributed by atoms with E-state index in [4.69, 9.17) is 5.11 Å². The molecule has 0 bridgehead atoms. The molecule has 1 rings (SSSR count). The third kappa shape index (κ3) is 5.46. The fourth-order valence-corrected chi connectivity index (χ4v) is 2.34. The van der Waals surface area contributed by atoms with Gasteiger partial charge in [0.25, 0.3) is 0 Å². The van der Waals surface area contributed by atoms with Crippen LogP contribution in [0.4, 0.5) is 0 Å². The highest BCUT2D eigenvalue weighted by atomic mass is 16.5. The van der Waals surface area contributed by atoms with Crippen LogP contribution in [0.15, 0.2) is 0 Å². The van der Waals surface area contributed by atoms with E-state index in [0.717, 1.165) is 12.8 Å². The molecule has 0 radical (unpaired) electrons. The van der Waals surface area contributed by atoms with E-state index in [-0.39, 0.29) is 13.2 Å². The lowest BCUT2D eigenvalue weighted by molar-refractivity contribution is -0.143. The average Bonchev–Trinajstić information content (AvgIpc) is 2.26. The number of carbonyl (C=O) groups is 2. The topological polar surface area (TPSA) is 95.9 Å². The maximum atomic E-state index is 11.4. The Bertz CT molecular complexity index is 307. The molecule has 2 unspecified atom stereocenters. The SMILES string of the molecule is CC1CCCC(O)(CNC(=O)COCC(=O)O)C1. The van der Waals surface area contributed by atoms with Gasteiger partial charge in [-0.3, -0.25) is 4.79 Å². The van der Waals surface area contributed by atoms with Gasteiger partial charge in [-0.25, -0.2) is 4.79 Å². The van der Waals surface area contributed by atoms with E-state index in [0.29, 0.717) is 18.8 Å². The van der Waals surface area contributed by atoms with E-state index < -0.39 is 24.1 Å². The molecule has 0 aromatic rings. The summed E-state index contributed by atoms with van der Waals surface area (Å²) >= 11 is 0. The van der Waals surface area contributed by atoms with E-state index in [9.17, 15) is 14.7 Å². The van der Waals surface area contributed by atoms with Crippen LogP contribution in [0, 0.1) is 5.92 Å². The molecule has 0 saturated heterocycles. The van der Waals surface area contributed by atoms with E-state index in [2.05, 4.69) is 17.0 Å². The first-order valence-electron chi connectivity index (χ1n) is 6.20. The number of carbonyl (C=O) groups excluding carboxylic acids is 1. The molecule has 0 spiro atoms. The molecular weight excluding hydrogens is 238 g/mol. The van der Waals surface area contributed by atoms with E-state index in [1.165, 1.54) is 0 Å². The molecule has 6 nitrogen and oxygen atoms in total. The standard InChI is InChI=1S/C12H21NO5/c1-9-3-2-4-12(17,5-9)8-13-10(14)6-18-7-11(15)16/h9,17H,2-8H2,1H3,(H,13,14)(H,15,16). The Morgan fingerprint density at radius 2 is 2.17 bits per heavy atom. The molecule has 2 atom stereocenters. The Labute approximate surface area is 106 Å². The summed E-state index contributed by atoms with van der Waals surface area (Å²) in [5.41, 5.74) is -0.833. The van der Waals surface area contributed by atoms with Crippen molar-refractivity contribution in [2.75, 3.05) is 19.8 Å². The number of nitrogens with one attached hydrogen (secondary N) is 1. The van der Waals surface area contributed by atoms with Crippen LogP contribution in [0.2, 0.25) is 0 Å². The number of ether oxygens (including phenoxy) is 1. The first kappa shape index (κ1) is 14.9. The molecule has 0 aromatic heterocycles. The number of hydrogen-bond acceptors (Lipinski definition) is 4. The van der Waals surface area contributed by atoms with Crippen molar-refractivity contribution < 1.29 is 24.5 Å². The van der Waals surface area contributed by atoms with Gasteiger partial charge < -0.3 is 20.3 Å². The third-order valence-electron chi connectivity index (χ3n) is 3.14. The van der Waals surface area contributed by atoms with Crippen LogP contribution in [0.1, 0.15) is 32.6 Å². The number of carboxylic acids is 1. The van der Waals surface area contributed by atoms with Gasteiger partial charge in [-0.05, 0) is 18.8 Å². The van der Waals surface area contributed by atoms with Crippen molar-refractivity contribution in [3.8, 4) is 0 Å². The maximum absolute atomic E-state index is 11.4. The summed E-state index contributed by atoms with van der Waals surface area (Å²) in [7, 11) is 0. The summed E-state index contributed by atoms with van der Waals surface area (Å²) in [5.74, 6) is -1.05. The van der Waals surface area contributed by atoms with Gasteiger partial charge in [0, 0.05) is 6.54 Å². The normalized spacial score (nSPS) is 27.8. The fourth-order valence-electron chi connectivity index (χ4n) is 2.34. The Hall–Kier alpha value is -1.14. The van der Waals surface area contributed by atoms with Crippen LogP contribution in [0.25, 0.3) is 0 Å². The number of aliphatic hydroxyl groups is 1. The summed E-state index contributed by atoms with van der Waals surface area (Å²) in [5, 5.41) is 21.2. The van der Waals surface area contributed by atoms with Gasteiger partial charge in [-0.15, -0.1) is 0 Å². The zero-order chi connectivity index (χ0) is 13.6. The van der Waals surface area contributed by atoms with E-state index in [1.54, 1.807) is 0 Å². The number of amides is 1. The quantitative estimate of drug-likeness (QED) is 0.631. The van der Waals surface area contributed by atoms with Gasteiger partial charge >= 0.3 is 5.97 Å². The average molecular weight is 259 g/mol. The zero-order valence-electron chi connectivity index (χ0n) is 10.6. The highest BCUT2D eigenvalue weighted by molar-refractivity contribution is 5.77. The van der Waals surface area contributed by atoms with Crippen LogP contribution in [0.5, 0.6) is 0 Å². The number of aliphatic carboxylic acids is 1. The van der Waals surface area contributed by atoms with Crippen molar-refractivity contribution >= 4 is 11.9 Å². The molecule has 1 aliphatic rings. The summed E-state index contributed by atoms with van der Waals surface area (Å²) in [6, 6.07) is 0. The molecule has 3 N–H and O–H groups in total. The lowest BCUT2D eigenvalue weighted by Gasteiger charge is -2.35. The highest BCUT2D eigenvalue weighted by Crippen LogP contribution is 2.31. The van der Waals surface area contributed by atoms with E-state index in [1.807, 2.05) is 0 Å². The smallest absolute Gasteiger partial charge is 0.329 e. The third-order valence-corrected chi connectivity index (χ3v) is 3.14. The minimum Gasteiger partial charge on any atom is -0.480 e. The molecular formula is C12H21NO5. The minimum absolute atomic E-state index is 0.201. The summed E-state index contributed by atoms with van der Waals surface area (Å²) in [6.07, 6.45) is 3.44. The number of rotatable bonds is 6. The second-order valence-corrected chi connectivity index (χ2v) is 5.09. The molecule has 1 aliphatic carbocycles. The highest BCUT2D eigenvalue weighted by Gasteiger charge is 2.32. The van der Waals surface area contributed by atoms with Gasteiger partial charge in [0.1, 0.15) is 13.2 Å². The predicted molar refractivity (Wildman–Crippen MR) is 64.0 cm³/mol. The predicted octanol–water partition coefficient (Wildman–Crippen LogP) is 0.145. The van der Waals surface area contributed by atoms with Crippen LogP contribution in [-0.2, 0) is 14.3 Å². The Morgan fingerprint density at radius 3 is 2.78 bits per heavy atom. The number of hydrogen-bond donors (Lipinski definition) is 3. The van der Waals surface area contributed by atoms with Gasteiger partial charge in [0.05, 0.1) is 5.60 Å². The summed E-state index contributed by atoms with van der Waals surface area (Å²) in [6.45, 7) is 1.50. The lowest BCUT2D eigenvalue weighted by atomic mass is 9.79. The monoisotopic (exact) mass is 259 g/mol. The van der Waals surface area contributed by atoms with Crippen molar-refractivity contribution in [3.05, 3.63) is 0 Å². The first-order valence-corrected chi connectivity index (χ1v) is 6.20. The van der Waals surface area contributed by atoms with Crippen molar-refractivity contribution in [2.45, 2.75) is 38.2 Å². The molecule has 0 heterocycles. The fraction of sp³-hybridized carbons (Fsp3) is 0.833. The summed E-state index contributed by atoms with van der Waals surface area (Å²) < 4.78 is 4.66. The Kier molecular flexibility index (Phi) is 5.55. The van der Waals surface area contributed by atoms with Crippen LogP contribution >= 0.6 is 0 Å². The largest absolute Gasteiger partial charge is 0.480 e. The van der Waals surface area contributed by atoms with Crippen molar-refractivity contribution in [2.24, 2.45) is 5.92 Å². The van der Waals surface area contributed by atoms with Crippen LogP contribution < -0.4 is 5.32 Å². The van der Waals surface area contributed by atoms with Gasteiger partial charge in [0.2, 0.25) is 5.91 Å². The first-order chi connectivity index (χ1) is 8.41. The lowest BCUT2D eigenvalue weighted by Crippen LogP contribution is -2.46. The van der Waals surface area contributed by atoms with Gasteiger partial charge in [-0.1, -0.05) is 19.8 Å². The van der Waals surface area contributed by atoms with Gasteiger partial charge in [-0.2, -0.15) is 0 Å². The molecule has 104 valence electrons. The Morgan fingerprint density at radius 1 is 1.44 bits per heavy atom. The second-order valence-electron chi connectivity index (χ2n) is 5.09. The Balaban J connectivity index is 2.22.